The minimum atomic E-state index is -0.0754. The summed E-state index contributed by atoms with van der Waals surface area (Å²) in [5.74, 6) is 1.80. The van der Waals surface area contributed by atoms with Gasteiger partial charge in [0.05, 0.1) is 0 Å². The Morgan fingerprint density at radius 3 is 2.53 bits per heavy atom. The minimum Gasteiger partial charge on any atom is -0.339 e. The first-order chi connectivity index (χ1) is 6.98. The molecular formula is C11H19N3O. The van der Waals surface area contributed by atoms with E-state index >= 15 is 0 Å². The summed E-state index contributed by atoms with van der Waals surface area (Å²) < 4.78 is 5.27. The molecule has 1 aromatic rings. The third kappa shape index (κ3) is 2.04. The topological polar surface area (TPSA) is 64.9 Å². The first-order valence-electron chi connectivity index (χ1n) is 5.58. The summed E-state index contributed by atoms with van der Waals surface area (Å²) >= 11 is 0. The van der Waals surface area contributed by atoms with E-state index in [1.807, 2.05) is 0 Å². The van der Waals surface area contributed by atoms with E-state index in [9.17, 15) is 0 Å². The van der Waals surface area contributed by atoms with Gasteiger partial charge in [-0.2, -0.15) is 4.98 Å². The molecule has 0 aromatic carbocycles. The van der Waals surface area contributed by atoms with Crippen molar-refractivity contribution in [3.63, 3.8) is 0 Å². The van der Waals surface area contributed by atoms with E-state index in [0.717, 1.165) is 18.7 Å². The molecule has 2 rings (SSSR count). The van der Waals surface area contributed by atoms with Crippen LogP contribution in [0, 0.1) is 0 Å². The van der Waals surface area contributed by atoms with Crippen LogP contribution in [0.25, 0.3) is 0 Å². The fraction of sp³-hybridized carbons (Fsp3) is 0.818. The second-order valence-electron chi connectivity index (χ2n) is 5.41. The van der Waals surface area contributed by atoms with Crippen LogP contribution in [0.2, 0.25) is 0 Å². The van der Waals surface area contributed by atoms with E-state index in [-0.39, 0.29) is 11.5 Å². The van der Waals surface area contributed by atoms with Crippen LogP contribution in [0.3, 0.4) is 0 Å². The van der Waals surface area contributed by atoms with Crippen molar-refractivity contribution in [2.24, 2.45) is 5.73 Å². The zero-order chi connectivity index (χ0) is 11.1. The van der Waals surface area contributed by atoms with Gasteiger partial charge < -0.3 is 10.3 Å². The quantitative estimate of drug-likeness (QED) is 0.768. The Bertz CT molecular complexity index is 340. The smallest absolute Gasteiger partial charge is 0.232 e. The Labute approximate surface area is 90.2 Å². The van der Waals surface area contributed by atoms with Gasteiger partial charge in [0.1, 0.15) is 0 Å². The van der Waals surface area contributed by atoms with Crippen molar-refractivity contribution in [1.29, 1.82) is 0 Å². The number of aromatic nitrogens is 2. The maximum atomic E-state index is 6.01. The van der Waals surface area contributed by atoms with E-state index < -0.39 is 0 Å². The molecule has 0 aliphatic heterocycles. The normalized spacial score (nSPS) is 27.2. The van der Waals surface area contributed by atoms with Crippen LogP contribution >= 0.6 is 0 Å². The molecule has 15 heavy (non-hydrogen) atoms. The molecule has 1 aliphatic rings. The Kier molecular flexibility index (Phi) is 2.54. The number of rotatable bonds is 1. The molecule has 4 nitrogen and oxygen atoms in total. The summed E-state index contributed by atoms with van der Waals surface area (Å²) in [6.07, 6.45) is 3.33. The maximum Gasteiger partial charge on any atom is 0.232 e. The molecule has 0 radical (unpaired) electrons. The van der Waals surface area contributed by atoms with Gasteiger partial charge in [0.2, 0.25) is 5.89 Å². The lowest BCUT2D eigenvalue weighted by Gasteiger charge is -2.12. The molecule has 1 heterocycles. The van der Waals surface area contributed by atoms with E-state index in [0.29, 0.717) is 11.8 Å². The SMILES string of the molecule is CC(C)(C)c1nc(C2CCCC2N)no1. The van der Waals surface area contributed by atoms with Crippen LogP contribution in [0.15, 0.2) is 4.52 Å². The Balaban J connectivity index is 2.20. The van der Waals surface area contributed by atoms with Gasteiger partial charge in [-0.3, -0.25) is 0 Å². The lowest BCUT2D eigenvalue weighted by atomic mass is 9.97. The second-order valence-corrected chi connectivity index (χ2v) is 5.41. The highest BCUT2D eigenvalue weighted by Crippen LogP contribution is 2.32. The first kappa shape index (κ1) is 10.6. The molecule has 1 aromatic heterocycles. The monoisotopic (exact) mass is 209 g/mol. The third-order valence-electron chi connectivity index (χ3n) is 2.98. The summed E-state index contributed by atoms with van der Waals surface area (Å²) in [7, 11) is 0. The first-order valence-corrected chi connectivity index (χ1v) is 5.58. The predicted molar refractivity (Wildman–Crippen MR) is 57.6 cm³/mol. The predicted octanol–water partition coefficient (Wildman–Crippen LogP) is 1.96. The van der Waals surface area contributed by atoms with Crippen LogP contribution in [0.4, 0.5) is 0 Å². The molecule has 2 unspecified atom stereocenters. The number of hydrogen-bond acceptors (Lipinski definition) is 4. The molecule has 4 heteroatoms. The summed E-state index contributed by atoms with van der Waals surface area (Å²) in [5.41, 5.74) is 5.93. The average Bonchev–Trinajstić information content (AvgIpc) is 2.69. The van der Waals surface area contributed by atoms with Gasteiger partial charge in [-0.15, -0.1) is 0 Å². The maximum absolute atomic E-state index is 6.01. The summed E-state index contributed by atoms with van der Waals surface area (Å²) in [4.78, 5) is 4.46. The molecule has 0 spiro atoms. The summed E-state index contributed by atoms with van der Waals surface area (Å²) in [5, 5.41) is 4.05. The van der Waals surface area contributed by atoms with E-state index in [1.165, 1.54) is 6.42 Å². The van der Waals surface area contributed by atoms with Crippen LogP contribution in [-0.4, -0.2) is 16.2 Å². The van der Waals surface area contributed by atoms with E-state index in [4.69, 9.17) is 10.3 Å². The zero-order valence-corrected chi connectivity index (χ0v) is 9.66. The van der Waals surface area contributed by atoms with Gasteiger partial charge in [-0.25, -0.2) is 0 Å². The van der Waals surface area contributed by atoms with Crippen LogP contribution in [-0.2, 0) is 5.41 Å². The highest BCUT2D eigenvalue weighted by atomic mass is 16.5. The molecule has 1 aliphatic carbocycles. The average molecular weight is 209 g/mol. The zero-order valence-electron chi connectivity index (χ0n) is 9.66. The van der Waals surface area contributed by atoms with Gasteiger partial charge in [0.15, 0.2) is 5.82 Å². The fourth-order valence-electron chi connectivity index (χ4n) is 2.00. The van der Waals surface area contributed by atoms with Crippen molar-refractivity contribution in [2.45, 2.75) is 57.4 Å². The molecule has 0 amide bonds. The van der Waals surface area contributed by atoms with E-state index in [1.54, 1.807) is 0 Å². The number of nitrogens with zero attached hydrogens (tertiary/aromatic N) is 2. The van der Waals surface area contributed by atoms with Crippen molar-refractivity contribution >= 4 is 0 Å². The van der Waals surface area contributed by atoms with Gasteiger partial charge >= 0.3 is 0 Å². The van der Waals surface area contributed by atoms with Crippen molar-refractivity contribution < 1.29 is 4.52 Å². The Hall–Kier alpha value is -0.900. The Morgan fingerprint density at radius 1 is 1.33 bits per heavy atom. The number of nitrogens with two attached hydrogens (primary N) is 1. The minimum absolute atomic E-state index is 0.0754. The molecule has 2 N–H and O–H groups in total. The highest BCUT2D eigenvalue weighted by molar-refractivity contribution is 5.06. The van der Waals surface area contributed by atoms with E-state index in [2.05, 4.69) is 30.9 Å². The molecule has 1 saturated carbocycles. The summed E-state index contributed by atoms with van der Waals surface area (Å²) in [6, 6.07) is 0.204. The van der Waals surface area contributed by atoms with Gasteiger partial charge in [-0.1, -0.05) is 32.3 Å². The van der Waals surface area contributed by atoms with Gasteiger partial charge in [-0.05, 0) is 12.8 Å². The lowest BCUT2D eigenvalue weighted by Crippen LogP contribution is -2.23. The third-order valence-corrected chi connectivity index (χ3v) is 2.98. The molecule has 0 saturated heterocycles. The largest absolute Gasteiger partial charge is 0.339 e. The van der Waals surface area contributed by atoms with Crippen LogP contribution in [0.1, 0.15) is 57.7 Å². The summed E-state index contributed by atoms with van der Waals surface area (Å²) in [6.45, 7) is 6.20. The lowest BCUT2D eigenvalue weighted by molar-refractivity contribution is 0.316. The van der Waals surface area contributed by atoms with Crippen LogP contribution in [0.5, 0.6) is 0 Å². The van der Waals surface area contributed by atoms with Gasteiger partial charge in [0, 0.05) is 17.4 Å². The molecule has 1 fully saturated rings. The number of hydrogen-bond donors (Lipinski definition) is 1. The van der Waals surface area contributed by atoms with Crippen molar-refractivity contribution in [2.75, 3.05) is 0 Å². The van der Waals surface area contributed by atoms with Crippen LogP contribution < -0.4 is 5.73 Å². The highest BCUT2D eigenvalue weighted by Gasteiger charge is 2.31. The standard InChI is InChI=1S/C11H19N3O/c1-11(2,3)10-13-9(14-15-10)7-5-4-6-8(7)12/h7-8H,4-6,12H2,1-3H3. The van der Waals surface area contributed by atoms with Gasteiger partial charge in [0.25, 0.3) is 0 Å². The van der Waals surface area contributed by atoms with Crippen molar-refractivity contribution in [3.8, 4) is 0 Å². The second kappa shape index (κ2) is 3.59. The fourth-order valence-corrected chi connectivity index (χ4v) is 2.00. The van der Waals surface area contributed by atoms with Crippen molar-refractivity contribution in [1.82, 2.24) is 10.1 Å². The Morgan fingerprint density at radius 2 is 2.07 bits per heavy atom. The molecule has 2 atom stereocenters. The molecule has 84 valence electrons. The molecule has 0 bridgehead atoms. The van der Waals surface area contributed by atoms with Crippen molar-refractivity contribution in [3.05, 3.63) is 11.7 Å². The molecular weight excluding hydrogens is 190 g/mol.